The molecule has 0 bridgehead atoms. The van der Waals surface area contributed by atoms with Crippen molar-refractivity contribution in [3.05, 3.63) is 47.9 Å². The summed E-state index contributed by atoms with van der Waals surface area (Å²) in [5, 5.41) is 12.3. The topological polar surface area (TPSA) is 75.9 Å². The Kier molecular flexibility index (Phi) is 4.89. The maximum Gasteiger partial charge on any atom is 0.323 e. The first-order chi connectivity index (χ1) is 13.1. The summed E-state index contributed by atoms with van der Waals surface area (Å²) in [6.45, 7) is 5.75. The van der Waals surface area contributed by atoms with E-state index in [4.69, 9.17) is 0 Å². The van der Waals surface area contributed by atoms with E-state index in [9.17, 15) is 4.79 Å². The van der Waals surface area contributed by atoms with Crippen LogP contribution in [0.5, 0.6) is 0 Å². The Hall–Kier alpha value is -2.74. The third-order valence-corrected chi connectivity index (χ3v) is 5.83. The molecule has 1 aliphatic heterocycles. The summed E-state index contributed by atoms with van der Waals surface area (Å²) in [6, 6.07) is 10.3. The molecule has 4 heterocycles. The van der Waals surface area contributed by atoms with E-state index in [0.29, 0.717) is 16.2 Å². The molecule has 1 N–H and O–H groups in total. The number of pyridine rings is 1. The normalized spacial score (nSPS) is 15.1. The van der Waals surface area contributed by atoms with Gasteiger partial charge in [-0.3, -0.25) is 10.3 Å². The van der Waals surface area contributed by atoms with Gasteiger partial charge in [0.1, 0.15) is 5.69 Å². The zero-order valence-electron chi connectivity index (χ0n) is 15.4. The standard InChI is InChI=1S/C19H22N6OS/c1-13-6-7-14(2)25(13)15-8-11-24(12-9-15)19(26)21-18-23-22-17(27-18)16-5-3-4-10-20-16/h3-7,10,15H,8-9,11-12H2,1-2H3,(H,21,23,26). The molecule has 8 heteroatoms. The molecular weight excluding hydrogens is 360 g/mol. The number of piperidine rings is 1. The fourth-order valence-corrected chi connectivity index (χ4v) is 4.33. The van der Waals surface area contributed by atoms with Gasteiger partial charge in [-0.2, -0.15) is 0 Å². The lowest BCUT2D eigenvalue weighted by atomic mass is 10.0. The Labute approximate surface area is 162 Å². The second-order valence-electron chi connectivity index (χ2n) is 6.76. The lowest BCUT2D eigenvalue weighted by Crippen LogP contribution is -2.41. The zero-order valence-corrected chi connectivity index (χ0v) is 16.2. The minimum atomic E-state index is -0.113. The van der Waals surface area contributed by atoms with E-state index >= 15 is 0 Å². The van der Waals surface area contributed by atoms with E-state index in [2.05, 4.69) is 51.0 Å². The number of urea groups is 1. The Morgan fingerprint density at radius 1 is 1.11 bits per heavy atom. The summed E-state index contributed by atoms with van der Waals surface area (Å²) in [5.41, 5.74) is 3.33. The lowest BCUT2D eigenvalue weighted by molar-refractivity contribution is 0.183. The van der Waals surface area contributed by atoms with E-state index < -0.39 is 0 Å². The Morgan fingerprint density at radius 3 is 2.52 bits per heavy atom. The van der Waals surface area contributed by atoms with E-state index in [-0.39, 0.29) is 6.03 Å². The SMILES string of the molecule is Cc1ccc(C)n1C1CCN(C(=O)Nc2nnc(-c3ccccn3)s2)CC1. The molecule has 3 aromatic heterocycles. The van der Waals surface area contributed by atoms with Crippen LogP contribution in [0, 0.1) is 13.8 Å². The van der Waals surface area contributed by atoms with Crippen LogP contribution in [0.3, 0.4) is 0 Å². The number of hydrogen-bond donors (Lipinski definition) is 1. The number of amides is 2. The summed E-state index contributed by atoms with van der Waals surface area (Å²) in [4.78, 5) is 18.7. The number of carbonyl (C=O) groups is 1. The number of aromatic nitrogens is 4. The molecule has 0 radical (unpaired) electrons. The second kappa shape index (κ2) is 7.48. The van der Waals surface area contributed by atoms with Gasteiger partial charge in [-0.05, 0) is 51.0 Å². The highest BCUT2D eigenvalue weighted by molar-refractivity contribution is 7.18. The molecule has 1 aliphatic rings. The van der Waals surface area contributed by atoms with E-state index in [1.807, 2.05) is 23.1 Å². The van der Waals surface area contributed by atoms with Crippen molar-refractivity contribution < 1.29 is 4.79 Å². The monoisotopic (exact) mass is 382 g/mol. The number of nitrogens with zero attached hydrogens (tertiary/aromatic N) is 5. The third-order valence-electron chi connectivity index (χ3n) is 4.97. The number of aryl methyl sites for hydroxylation is 2. The van der Waals surface area contributed by atoms with Crippen LogP contribution < -0.4 is 5.32 Å². The van der Waals surface area contributed by atoms with Crippen molar-refractivity contribution in [3.8, 4) is 10.7 Å². The van der Waals surface area contributed by atoms with Crippen LogP contribution in [0.2, 0.25) is 0 Å². The Balaban J connectivity index is 1.36. The average molecular weight is 382 g/mol. The summed E-state index contributed by atoms with van der Waals surface area (Å²) in [6.07, 6.45) is 3.63. The van der Waals surface area contributed by atoms with Crippen molar-refractivity contribution in [2.75, 3.05) is 18.4 Å². The van der Waals surface area contributed by atoms with E-state index in [1.54, 1.807) is 6.20 Å². The number of hydrogen-bond acceptors (Lipinski definition) is 5. The molecule has 1 fully saturated rings. The summed E-state index contributed by atoms with van der Waals surface area (Å²) in [5.74, 6) is 0. The first-order valence-electron chi connectivity index (χ1n) is 9.07. The predicted octanol–water partition coefficient (Wildman–Crippen LogP) is 3.89. The lowest BCUT2D eigenvalue weighted by Gasteiger charge is -2.33. The molecule has 4 rings (SSSR count). The minimum absolute atomic E-state index is 0.113. The van der Waals surface area contributed by atoms with Crippen LogP contribution in [-0.4, -0.2) is 43.8 Å². The second-order valence-corrected chi connectivity index (χ2v) is 7.74. The number of rotatable bonds is 3. The van der Waals surface area contributed by atoms with E-state index in [1.165, 1.54) is 22.7 Å². The zero-order chi connectivity index (χ0) is 18.8. The molecule has 0 aromatic carbocycles. The smallest absolute Gasteiger partial charge is 0.323 e. The molecule has 27 heavy (non-hydrogen) atoms. The number of nitrogens with one attached hydrogen (secondary N) is 1. The van der Waals surface area contributed by atoms with Crippen LogP contribution in [0.4, 0.5) is 9.93 Å². The number of anilines is 1. The fraction of sp³-hybridized carbons (Fsp3) is 0.368. The van der Waals surface area contributed by atoms with Crippen LogP contribution >= 0.6 is 11.3 Å². The highest BCUT2D eigenvalue weighted by Crippen LogP contribution is 2.28. The summed E-state index contributed by atoms with van der Waals surface area (Å²) in [7, 11) is 0. The first kappa shape index (κ1) is 17.7. The molecule has 0 spiro atoms. The van der Waals surface area contributed by atoms with Crippen LogP contribution in [0.1, 0.15) is 30.3 Å². The summed E-state index contributed by atoms with van der Waals surface area (Å²) >= 11 is 1.33. The van der Waals surface area contributed by atoms with Gasteiger partial charge < -0.3 is 9.47 Å². The number of carbonyl (C=O) groups excluding carboxylic acids is 1. The molecule has 140 valence electrons. The highest BCUT2D eigenvalue weighted by Gasteiger charge is 2.25. The minimum Gasteiger partial charge on any atom is -0.346 e. The summed E-state index contributed by atoms with van der Waals surface area (Å²) < 4.78 is 2.39. The van der Waals surface area contributed by atoms with Gasteiger partial charge in [0.25, 0.3) is 0 Å². The Bertz CT molecular complexity index is 907. The van der Waals surface area contributed by atoms with E-state index in [0.717, 1.165) is 31.6 Å². The van der Waals surface area contributed by atoms with Crippen molar-refractivity contribution in [2.24, 2.45) is 0 Å². The van der Waals surface area contributed by atoms with Crippen molar-refractivity contribution in [1.82, 2.24) is 24.6 Å². The van der Waals surface area contributed by atoms with Gasteiger partial charge in [-0.25, -0.2) is 4.79 Å². The molecule has 1 saturated heterocycles. The maximum atomic E-state index is 12.6. The molecular formula is C19H22N6OS. The molecule has 0 aliphatic carbocycles. The third kappa shape index (κ3) is 3.71. The van der Waals surface area contributed by atoms with Crippen molar-refractivity contribution in [3.63, 3.8) is 0 Å². The van der Waals surface area contributed by atoms with Crippen LogP contribution in [0.15, 0.2) is 36.5 Å². The van der Waals surface area contributed by atoms with Gasteiger partial charge in [-0.1, -0.05) is 17.4 Å². The first-order valence-corrected chi connectivity index (χ1v) is 9.89. The largest absolute Gasteiger partial charge is 0.346 e. The quantitative estimate of drug-likeness (QED) is 0.746. The molecule has 0 unspecified atom stereocenters. The van der Waals surface area contributed by atoms with Gasteiger partial charge in [0, 0.05) is 36.7 Å². The number of likely N-dealkylation sites (tertiary alicyclic amines) is 1. The van der Waals surface area contributed by atoms with Gasteiger partial charge >= 0.3 is 6.03 Å². The van der Waals surface area contributed by atoms with Crippen LogP contribution in [0.25, 0.3) is 10.7 Å². The molecule has 3 aromatic rings. The van der Waals surface area contributed by atoms with Gasteiger partial charge in [0.05, 0.1) is 0 Å². The van der Waals surface area contributed by atoms with Crippen LogP contribution in [-0.2, 0) is 0 Å². The maximum absolute atomic E-state index is 12.6. The fourth-order valence-electron chi connectivity index (χ4n) is 3.62. The predicted molar refractivity (Wildman–Crippen MR) is 106 cm³/mol. The molecule has 7 nitrogen and oxygen atoms in total. The average Bonchev–Trinajstić information content (AvgIpc) is 3.29. The molecule has 0 atom stereocenters. The van der Waals surface area contributed by atoms with Crippen molar-refractivity contribution >= 4 is 22.5 Å². The highest BCUT2D eigenvalue weighted by atomic mass is 32.1. The van der Waals surface area contributed by atoms with Gasteiger partial charge in [0.15, 0.2) is 5.01 Å². The molecule has 0 saturated carbocycles. The van der Waals surface area contributed by atoms with Gasteiger partial charge in [0.2, 0.25) is 5.13 Å². The van der Waals surface area contributed by atoms with Crippen molar-refractivity contribution in [2.45, 2.75) is 32.7 Å². The Morgan fingerprint density at radius 2 is 1.85 bits per heavy atom. The van der Waals surface area contributed by atoms with Gasteiger partial charge in [-0.15, -0.1) is 10.2 Å². The van der Waals surface area contributed by atoms with Crippen molar-refractivity contribution in [1.29, 1.82) is 0 Å². The molecule has 2 amide bonds.